The first-order chi connectivity index (χ1) is 11.0. The number of hydrogen-bond donors (Lipinski definition) is 2. The number of hydrogen-bond acceptors (Lipinski definition) is 4. The molecule has 6 nitrogen and oxygen atoms in total. The van der Waals surface area contributed by atoms with E-state index in [-0.39, 0.29) is 0 Å². The number of para-hydroxylation sites is 2. The van der Waals surface area contributed by atoms with Crippen molar-refractivity contribution >= 4 is 23.2 Å². The minimum absolute atomic E-state index is 0.423. The zero-order chi connectivity index (χ0) is 16.8. The molecule has 0 aromatic heterocycles. The van der Waals surface area contributed by atoms with E-state index in [0.717, 1.165) is 5.56 Å². The summed E-state index contributed by atoms with van der Waals surface area (Å²) in [5.41, 5.74) is 1.80. The second-order valence-corrected chi connectivity index (χ2v) is 4.81. The number of aryl methyl sites for hydroxylation is 1. The van der Waals surface area contributed by atoms with Crippen LogP contribution < -0.4 is 20.1 Å². The van der Waals surface area contributed by atoms with Crippen molar-refractivity contribution in [1.82, 2.24) is 0 Å². The molecule has 120 valence electrons. The second-order valence-electron chi connectivity index (χ2n) is 4.81. The largest absolute Gasteiger partial charge is 0.495 e. The summed E-state index contributed by atoms with van der Waals surface area (Å²) in [6, 6.07) is 12.2. The van der Waals surface area contributed by atoms with Crippen LogP contribution in [0.15, 0.2) is 42.5 Å². The topological polar surface area (TPSA) is 76.7 Å². The third-order valence-electron chi connectivity index (χ3n) is 3.16. The standard InChI is InChI=1S/C17H18N2O4/c1-11-8-9-15(23-3)13(10-11)19-17(21)16(20)18-12-6-4-5-7-14(12)22-2/h4-10H,1-3H3,(H,18,20)(H,19,21). The Hall–Kier alpha value is -3.02. The molecule has 0 aliphatic heterocycles. The van der Waals surface area contributed by atoms with Crippen molar-refractivity contribution in [2.24, 2.45) is 0 Å². The highest BCUT2D eigenvalue weighted by Gasteiger charge is 2.17. The van der Waals surface area contributed by atoms with Gasteiger partial charge < -0.3 is 20.1 Å². The molecule has 0 spiro atoms. The van der Waals surface area contributed by atoms with Gasteiger partial charge in [-0.25, -0.2) is 0 Å². The summed E-state index contributed by atoms with van der Waals surface area (Å²) in [5.74, 6) is -0.631. The second kappa shape index (κ2) is 7.31. The molecule has 0 saturated heterocycles. The summed E-state index contributed by atoms with van der Waals surface area (Å²) in [4.78, 5) is 24.1. The first-order valence-electron chi connectivity index (χ1n) is 6.95. The fourth-order valence-corrected chi connectivity index (χ4v) is 2.03. The Morgan fingerprint density at radius 2 is 1.39 bits per heavy atom. The number of carbonyl (C=O) groups excluding carboxylic acids is 2. The quantitative estimate of drug-likeness (QED) is 0.851. The summed E-state index contributed by atoms with van der Waals surface area (Å²) in [6.07, 6.45) is 0. The van der Waals surface area contributed by atoms with E-state index in [2.05, 4.69) is 10.6 Å². The number of amides is 2. The van der Waals surface area contributed by atoms with E-state index < -0.39 is 11.8 Å². The van der Waals surface area contributed by atoms with Crippen molar-refractivity contribution in [3.8, 4) is 11.5 Å². The lowest BCUT2D eigenvalue weighted by Gasteiger charge is -2.12. The van der Waals surface area contributed by atoms with Crippen LogP contribution in [0.3, 0.4) is 0 Å². The van der Waals surface area contributed by atoms with Gasteiger partial charge in [-0.2, -0.15) is 0 Å². The molecule has 2 aromatic rings. The van der Waals surface area contributed by atoms with Gasteiger partial charge in [0.25, 0.3) is 0 Å². The summed E-state index contributed by atoms with van der Waals surface area (Å²) < 4.78 is 10.3. The highest BCUT2D eigenvalue weighted by atomic mass is 16.5. The molecule has 2 rings (SSSR count). The van der Waals surface area contributed by atoms with Gasteiger partial charge in [0.15, 0.2) is 0 Å². The van der Waals surface area contributed by atoms with Crippen LogP contribution in [0.1, 0.15) is 5.56 Å². The minimum atomic E-state index is -0.793. The van der Waals surface area contributed by atoms with Crippen LogP contribution in [-0.4, -0.2) is 26.0 Å². The third-order valence-corrected chi connectivity index (χ3v) is 3.16. The highest BCUT2D eigenvalue weighted by Crippen LogP contribution is 2.26. The van der Waals surface area contributed by atoms with E-state index in [1.54, 1.807) is 36.4 Å². The molecular formula is C17H18N2O4. The van der Waals surface area contributed by atoms with E-state index in [1.165, 1.54) is 14.2 Å². The summed E-state index contributed by atoms with van der Waals surface area (Å²) in [5, 5.41) is 5.06. The number of methoxy groups -OCH3 is 2. The predicted molar refractivity (Wildman–Crippen MR) is 88.0 cm³/mol. The smallest absolute Gasteiger partial charge is 0.314 e. The maximum Gasteiger partial charge on any atom is 0.314 e. The molecule has 0 fully saturated rings. The van der Waals surface area contributed by atoms with Crippen LogP contribution in [0.2, 0.25) is 0 Å². The molecule has 0 radical (unpaired) electrons. The molecule has 6 heteroatoms. The van der Waals surface area contributed by atoms with Crippen molar-refractivity contribution in [3.05, 3.63) is 48.0 Å². The number of rotatable bonds is 4. The van der Waals surface area contributed by atoms with E-state index in [4.69, 9.17) is 9.47 Å². The van der Waals surface area contributed by atoms with Gasteiger partial charge in [0.05, 0.1) is 25.6 Å². The van der Waals surface area contributed by atoms with Crippen molar-refractivity contribution in [3.63, 3.8) is 0 Å². The SMILES string of the molecule is COc1ccccc1NC(=O)C(=O)Nc1cc(C)ccc1OC. The van der Waals surface area contributed by atoms with Crippen molar-refractivity contribution in [2.75, 3.05) is 24.9 Å². The van der Waals surface area contributed by atoms with Gasteiger partial charge in [0.1, 0.15) is 11.5 Å². The third kappa shape index (κ3) is 4.00. The maximum absolute atomic E-state index is 12.1. The lowest BCUT2D eigenvalue weighted by Crippen LogP contribution is -2.29. The predicted octanol–water partition coefficient (Wildman–Crippen LogP) is 2.59. The molecule has 0 heterocycles. The van der Waals surface area contributed by atoms with Crippen molar-refractivity contribution in [1.29, 1.82) is 0 Å². The molecule has 0 bridgehead atoms. The lowest BCUT2D eigenvalue weighted by atomic mass is 10.2. The van der Waals surface area contributed by atoms with Gasteiger partial charge >= 0.3 is 11.8 Å². The number of carbonyl (C=O) groups is 2. The Balaban J connectivity index is 2.12. The Labute approximate surface area is 134 Å². The lowest BCUT2D eigenvalue weighted by molar-refractivity contribution is -0.133. The first-order valence-corrected chi connectivity index (χ1v) is 6.95. The molecule has 0 saturated carbocycles. The van der Waals surface area contributed by atoms with E-state index >= 15 is 0 Å². The maximum atomic E-state index is 12.1. The number of anilines is 2. The van der Waals surface area contributed by atoms with Crippen molar-refractivity contribution < 1.29 is 19.1 Å². The summed E-state index contributed by atoms with van der Waals surface area (Å²) in [7, 11) is 2.98. The number of ether oxygens (including phenoxy) is 2. The van der Waals surface area contributed by atoms with Gasteiger partial charge in [0.2, 0.25) is 0 Å². The molecule has 0 atom stereocenters. The Bertz CT molecular complexity index is 728. The molecule has 2 N–H and O–H groups in total. The van der Waals surface area contributed by atoms with Crippen molar-refractivity contribution in [2.45, 2.75) is 6.92 Å². The van der Waals surface area contributed by atoms with Crippen LogP contribution >= 0.6 is 0 Å². The fraction of sp³-hybridized carbons (Fsp3) is 0.176. The normalized spacial score (nSPS) is 9.87. The van der Waals surface area contributed by atoms with Crippen LogP contribution in [0.4, 0.5) is 11.4 Å². The Morgan fingerprint density at radius 3 is 2.04 bits per heavy atom. The van der Waals surface area contributed by atoms with E-state index in [9.17, 15) is 9.59 Å². The average molecular weight is 314 g/mol. The van der Waals surface area contributed by atoms with E-state index in [0.29, 0.717) is 22.9 Å². The van der Waals surface area contributed by atoms with Gasteiger partial charge in [-0.15, -0.1) is 0 Å². The monoisotopic (exact) mass is 314 g/mol. The summed E-state index contributed by atoms with van der Waals surface area (Å²) in [6.45, 7) is 1.88. The molecule has 0 unspecified atom stereocenters. The molecule has 0 aliphatic carbocycles. The minimum Gasteiger partial charge on any atom is -0.495 e. The highest BCUT2D eigenvalue weighted by molar-refractivity contribution is 6.43. The fourth-order valence-electron chi connectivity index (χ4n) is 2.03. The number of nitrogens with one attached hydrogen (secondary N) is 2. The molecule has 0 aliphatic rings. The van der Waals surface area contributed by atoms with Gasteiger partial charge in [0, 0.05) is 0 Å². The first kappa shape index (κ1) is 16.4. The Morgan fingerprint density at radius 1 is 0.826 bits per heavy atom. The van der Waals surface area contributed by atoms with Gasteiger partial charge in [-0.05, 0) is 36.8 Å². The van der Waals surface area contributed by atoms with Gasteiger partial charge in [-0.3, -0.25) is 9.59 Å². The van der Waals surface area contributed by atoms with Gasteiger partial charge in [-0.1, -0.05) is 18.2 Å². The van der Waals surface area contributed by atoms with E-state index in [1.807, 2.05) is 13.0 Å². The molecular weight excluding hydrogens is 296 g/mol. The Kier molecular flexibility index (Phi) is 5.19. The van der Waals surface area contributed by atoms with Crippen LogP contribution in [0, 0.1) is 6.92 Å². The molecule has 2 aromatic carbocycles. The average Bonchev–Trinajstić information content (AvgIpc) is 2.55. The zero-order valence-electron chi connectivity index (χ0n) is 13.2. The molecule has 2 amide bonds. The molecule has 23 heavy (non-hydrogen) atoms. The van der Waals surface area contributed by atoms with Crippen LogP contribution in [0.25, 0.3) is 0 Å². The summed E-state index contributed by atoms with van der Waals surface area (Å²) >= 11 is 0. The van der Waals surface area contributed by atoms with Crippen LogP contribution in [-0.2, 0) is 9.59 Å². The van der Waals surface area contributed by atoms with Crippen LogP contribution in [0.5, 0.6) is 11.5 Å². The zero-order valence-corrected chi connectivity index (χ0v) is 13.2. The number of benzene rings is 2.